The van der Waals surface area contributed by atoms with Crippen LogP contribution in [0.25, 0.3) is 16.8 Å². The summed E-state index contributed by atoms with van der Waals surface area (Å²) in [5.41, 5.74) is 4.90. The molecular weight excluding hydrogens is 364 g/mol. The molecule has 4 heterocycles. The van der Waals surface area contributed by atoms with Gasteiger partial charge in [0.15, 0.2) is 0 Å². The van der Waals surface area contributed by atoms with E-state index in [0.717, 1.165) is 28.0 Å². The number of aromatic nitrogens is 5. The molecule has 0 aliphatic carbocycles. The number of nitriles is 1. The van der Waals surface area contributed by atoms with Crippen LogP contribution in [-0.4, -0.2) is 29.5 Å². The molecule has 7 nitrogen and oxygen atoms in total. The third-order valence-corrected chi connectivity index (χ3v) is 5.25. The summed E-state index contributed by atoms with van der Waals surface area (Å²) in [5, 5.41) is 28.2. The van der Waals surface area contributed by atoms with Crippen LogP contribution < -0.4 is 0 Å². The van der Waals surface area contributed by atoms with Crippen molar-refractivity contribution < 1.29 is 5.11 Å². The zero-order chi connectivity index (χ0) is 20.6. The zero-order valence-corrected chi connectivity index (χ0v) is 16.7. The molecule has 0 saturated heterocycles. The predicted molar refractivity (Wildman–Crippen MR) is 109 cm³/mol. The number of hydrogen-bond acceptors (Lipinski definition) is 5. The first-order chi connectivity index (χ1) is 13.9. The van der Waals surface area contributed by atoms with Gasteiger partial charge in [-0.25, -0.2) is 4.68 Å². The molecule has 29 heavy (non-hydrogen) atoms. The smallest absolute Gasteiger partial charge is 0.114 e. The quantitative estimate of drug-likeness (QED) is 0.567. The van der Waals surface area contributed by atoms with Crippen LogP contribution in [-0.2, 0) is 12.1 Å². The van der Waals surface area contributed by atoms with E-state index < -0.39 is 5.60 Å². The van der Waals surface area contributed by atoms with E-state index in [0.29, 0.717) is 24.2 Å². The van der Waals surface area contributed by atoms with Crippen LogP contribution in [0, 0.1) is 18.3 Å². The SMILES string of the molecule is CCC(C)(O)c1cn(Cc2ccn3c(-c4ccnc(C)c4)c(C#N)cc3c2)nn1. The first kappa shape index (κ1) is 18.8. The molecule has 146 valence electrons. The van der Waals surface area contributed by atoms with E-state index in [9.17, 15) is 10.4 Å². The summed E-state index contributed by atoms with van der Waals surface area (Å²) in [6, 6.07) is 12.1. The summed E-state index contributed by atoms with van der Waals surface area (Å²) >= 11 is 0. The summed E-state index contributed by atoms with van der Waals surface area (Å²) in [7, 11) is 0. The second-order valence-corrected chi connectivity index (χ2v) is 7.46. The van der Waals surface area contributed by atoms with E-state index in [1.165, 1.54) is 0 Å². The van der Waals surface area contributed by atoms with Crippen LogP contribution in [0.1, 0.15) is 42.8 Å². The zero-order valence-electron chi connectivity index (χ0n) is 16.7. The molecule has 0 saturated carbocycles. The topological polar surface area (TPSA) is 92.0 Å². The maximum absolute atomic E-state index is 10.3. The maximum Gasteiger partial charge on any atom is 0.114 e. The lowest BCUT2D eigenvalue weighted by Crippen LogP contribution is -2.20. The number of rotatable bonds is 5. The molecule has 4 aromatic rings. The van der Waals surface area contributed by atoms with Crippen LogP contribution in [0.15, 0.2) is 48.9 Å². The second-order valence-electron chi connectivity index (χ2n) is 7.46. The predicted octanol–water partition coefficient (Wildman–Crippen LogP) is 3.44. The van der Waals surface area contributed by atoms with Crippen molar-refractivity contribution in [1.29, 1.82) is 5.26 Å². The maximum atomic E-state index is 10.3. The Morgan fingerprint density at radius 1 is 1.24 bits per heavy atom. The molecule has 0 aliphatic rings. The van der Waals surface area contributed by atoms with Gasteiger partial charge in [-0.1, -0.05) is 12.1 Å². The van der Waals surface area contributed by atoms with Crippen molar-refractivity contribution in [3.8, 4) is 17.3 Å². The van der Waals surface area contributed by atoms with Gasteiger partial charge in [0.1, 0.15) is 17.4 Å². The second kappa shape index (κ2) is 7.15. The first-order valence-electron chi connectivity index (χ1n) is 9.51. The average molecular weight is 386 g/mol. The molecule has 1 N–H and O–H groups in total. The Kier molecular flexibility index (Phi) is 4.65. The van der Waals surface area contributed by atoms with Crippen LogP contribution in [0.5, 0.6) is 0 Å². The van der Waals surface area contributed by atoms with Gasteiger partial charge in [0, 0.05) is 29.2 Å². The van der Waals surface area contributed by atoms with Crippen molar-refractivity contribution in [2.75, 3.05) is 0 Å². The molecule has 7 heteroatoms. The fraction of sp³-hybridized carbons (Fsp3) is 0.273. The van der Waals surface area contributed by atoms with Gasteiger partial charge in [-0.15, -0.1) is 5.10 Å². The van der Waals surface area contributed by atoms with Crippen LogP contribution in [0.3, 0.4) is 0 Å². The lowest BCUT2D eigenvalue weighted by Gasteiger charge is -2.16. The standard InChI is InChI=1S/C22H22N6O/c1-4-22(3,29)20-14-27(26-25-20)13-16-6-8-28-19(10-16)11-18(12-23)21(28)17-5-7-24-15(2)9-17/h5-11,14,29H,4,13H2,1-3H3. The van der Waals surface area contributed by atoms with Gasteiger partial charge >= 0.3 is 0 Å². The Bertz CT molecular complexity index is 1230. The van der Waals surface area contributed by atoms with E-state index in [1.54, 1.807) is 24.0 Å². The Morgan fingerprint density at radius 2 is 2.07 bits per heavy atom. The largest absolute Gasteiger partial charge is 0.384 e. The molecule has 0 aromatic carbocycles. The number of pyridine rings is 2. The number of hydrogen-bond donors (Lipinski definition) is 1. The highest BCUT2D eigenvalue weighted by molar-refractivity contribution is 5.75. The molecule has 4 aromatic heterocycles. The Morgan fingerprint density at radius 3 is 2.79 bits per heavy atom. The normalized spacial score (nSPS) is 13.3. The molecule has 0 amide bonds. The minimum atomic E-state index is -0.983. The number of fused-ring (bicyclic) bond motifs is 1. The van der Waals surface area contributed by atoms with Crippen molar-refractivity contribution in [3.63, 3.8) is 0 Å². The van der Waals surface area contributed by atoms with Gasteiger partial charge in [0.25, 0.3) is 0 Å². The van der Waals surface area contributed by atoms with Gasteiger partial charge < -0.3 is 9.51 Å². The lowest BCUT2D eigenvalue weighted by atomic mass is 10.0. The van der Waals surface area contributed by atoms with E-state index in [-0.39, 0.29) is 0 Å². The molecule has 0 aliphatic heterocycles. The van der Waals surface area contributed by atoms with Crippen LogP contribution >= 0.6 is 0 Å². The van der Waals surface area contributed by atoms with Crippen molar-refractivity contribution >= 4 is 5.52 Å². The highest BCUT2D eigenvalue weighted by Crippen LogP contribution is 2.28. The van der Waals surface area contributed by atoms with Crippen LogP contribution in [0.4, 0.5) is 0 Å². The van der Waals surface area contributed by atoms with E-state index in [2.05, 4.69) is 21.4 Å². The van der Waals surface area contributed by atoms with E-state index in [1.807, 2.05) is 54.8 Å². The Hall–Kier alpha value is -3.50. The van der Waals surface area contributed by atoms with Gasteiger partial charge in [-0.2, -0.15) is 5.26 Å². The van der Waals surface area contributed by atoms with Crippen molar-refractivity contribution in [3.05, 3.63) is 71.4 Å². The third-order valence-electron chi connectivity index (χ3n) is 5.25. The molecule has 0 radical (unpaired) electrons. The summed E-state index contributed by atoms with van der Waals surface area (Å²) in [5.74, 6) is 0. The van der Waals surface area contributed by atoms with E-state index in [4.69, 9.17) is 0 Å². The fourth-order valence-electron chi connectivity index (χ4n) is 3.39. The molecule has 1 unspecified atom stereocenters. The fourth-order valence-corrected chi connectivity index (χ4v) is 3.39. The molecular formula is C22H22N6O. The lowest BCUT2D eigenvalue weighted by molar-refractivity contribution is 0.0484. The summed E-state index contributed by atoms with van der Waals surface area (Å²) in [4.78, 5) is 4.25. The average Bonchev–Trinajstić information content (AvgIpc) is 3.32. The van der Waals surface area contributed by atoms with Gasteiger partial charge in [-0.3, -0.25) is 4.98 Å². The molecule has 4 rings (SSSR count). The monoisotopic (exact) mass is 386 g/mol. The van der Waals surface area contributed by atoms with Crippen LogP contribution in [0.2, 0.25) is 0 Å². The van der Waals surface area contributed by atoms with Gasteiger partial charge in [-0.05, 0) is 56.2 Å². The first-order valence-corrected chi connectivity index (χ1v) is 9.51. The number of nitrogens with zero attached hydrogens (tertiary/aromatic N) is 6. The highest BCUT2D eigenvalue weighted by atomic mass is 16.3. The van der Waals surface area contributed by atoms with Crippen molar-refractivity contribution in [2.45, 2.75) is 39.3 Å². The highest BCUT2D eigenvalue weighted by Gasteiger charge is 2.24. The van der Waals surface area contributed by atoms with Crippen molar-refractivity contribution in [1.82, 2.24) is 24.4 Å². The molecule has 1 atom stereocenters. The third kappa shape index (κ3) is 3.50. The Labute approximate surface area is 168 Å². The van der Waals surface area contributed by atoms with Gasteiger partial charge in [0.05, 0.1) is 24.0 Å². The molecule has 0 fully saturated rings. The van der Waals surface area contributed by atoms with Crippen molar-refractivity contribution in [2.24, 2.45) is 0 Å². The summed E-state index contributed by atoms with van der Waals surface area (Å²) in [6.07, 6.45) is 6.07. The molecule has 0 bridgehead atoms. The minimum Gasteiger partial charge on any atom is -0.384 e. The summed E-state index contributed by atoms with van der Waals surface area (Å²) < 4.78 is 3.73. The molecule has 0 spiro atoms. The van der Waals surface area contributed by atoms with E-state index >= 15 is 0 Å². The number of aliphatic hydroxyl groups is 1. The van der Waals surface area contributed by atoms with Gasteiger partial charge in [0.2, 0.25) is 0 Å². The minimum absolute atomic E-state index is 0.528. The number of aryl methyl sites for hydroxylation is 1. The Balaban J connectivity index is 1.70. The summed E-state index contributed by atoms with van der Waals surface area (Å²) in [6.45, 7) is 6.11.